The number of nitrogens with zero attached hydrogens (tertiary/aromatic N) is 1. The van der Waals surface area contributed by atoms with Crippen LogP contribution < -0.4 is 10.6 Å². The molecule has 2 aliphatic carbocycles. The van der Waals surface area contributed by atoms with Crippen LogP contribution in [-0.2, 0) is 16.0 Å². The van der Waals surface area contributed by atoms with E-state index >= 15 is 0 Å². The molecule has 1 saturated heterocycles. The normalized spacial score (nSPS) is 27.6. The molecule has 1 spiro atoms. The first-order valence-electron chi connectivity index (χ1n) is 10.5. The summed E-state index contributed by atoms with van der Waals surface area (Å²) in [5.41, 5.74) is 4.76. The molecule has 0 aromatic heterocycles. The largest absolute Gasteiger partial charge is 0.379 e. The van der Waals surface area contributed by atoms with Crippen molar-refractivity contribution in [3.05, 3.63) is 41.0 Å². The first kappa shape index (κ1) is 17.3. The number of fused-ring (bicyclic) bond motifs is 3. The summed E-state index contributed by atoms with van der Waals surface area (Å²) >= 11 is 0. The van der Waals surface area contributed by atoms with Gasteiger partial charge in [-0.2, -0.15) is 0 Å². The van der Waals surface area contributed by atoms with E-state index < -0.39 is 0 Å². The topological polar surface area (TPSA) is 53.6 Å². The van der Waals surface area contributed by atoms with Crippen molar-refractivity contribution in [2.24, 2.45) is 5.41 Å². The van der Waals surface area contributed by atoms with Gasteiger partial charge in [0.2, 0.25) is 0 Å². The molecule has 2 heterocycles. The Kier molecular flexibility index (Phi) is 4.44. The number of nitrogens with one attached hydrogen (secondary N) is 2. The van der Waals surface area contributed by atoms with Gasteiger partial charge >= 0.3 is 0 Å². The minimum absolute atomic E-state index is 0.0168. The molecule has 0 radical (unpaired) electrons. The van der Waals surface area contributed by atoms with E-state index in [-0.39, 0.29) is 17.5 Å². The van der Waals surface area contributed by atoms with E-state index in [1.165, 1.54) is 30.4 Å². The Hall–Kier alpha value is -1.85. The van der Waals surface area contributed by atoms with Crippen LogP contribution in [0, 0.1) is 5.41 Å². The number of carbonyl (C=O) groups excluding carboxylic acids is 1. The standard InChI is InChI=1S/C22H29N3O2/c26-21-19-20(23-18(24-21)15-25-10-12-27-13-11-25)17-7-3-2-6-16(17)14-22(19)8-4-1-5-9-22/h2-3,6-7,18,23H,1,4-5,8-15H2,(H,24,26). The lowest BCUT2D eigenvalue weighted by atomic mass is 9.61. The molecular weight excluding hydrogens is 338 g/mol. The molecule has 2 N–H and O–H groups in total. The lowest BCUT2D eigenvalue weighted by molar-refractivity contribution is -0.120. The second kappa shape index (κ2) is 6.95. The Morgan fingerprint density at radius 2 is 1.85 bits per heavy atom. The van der Waals surface area contributed by atoms with E-state index in [4.69, 9.17) is 4.74 Å². The van der Waals surface area contributed by atoms with Gasteiger partial charge in [-0.15, -0.1) is 0 Å². The van der Waals surface area contributed by atoms with E-state index in [9.17, 15) is 4.79 Å². The maximum absolute atomic E-state index is 13.3. The number of hydrogen-bond acceptors (Lipinski definition) is 4. The number of amides is 1. The first-order valence-corrected chi connectivity index (χ1v) is 10.5. The van der Waals surface area contributed by atoms with Gasteiger partial charge in [-0.05, 0) is 24.8 Å². The zero-order valence-corrected chi connectivity index (χ0v) is 15.9. The smallest absolute Gasteiger partial charge is 0.251 e. The molecular formula is C22H29N3O2. The SMILES string of the molecule is O=C1NC(CN2CCOCC2)NC2=C1C1(CCCCC1)Cc1ccccc12. The Bertz CT molecular complexity index is 761. The van der Waals surface area contributed by atoms with Crippen LogP contribution in [0.25, 0.3) is 5.70 Å². The van der Waals surface area contributed by atoms with Crippen molar-refractivity contribution in [3.63, 3.8) is 0 Å². The van der Waals surface area contributed by atoms with Crippen molar-refractivity contribution >= 4 is 11.6 Å². The molecule has 1 aromatic carbocycles. The quantitative estimate of drug-likeness (QED) is 0.842. The summed E-state index contributed by atoms with van der Waals surface area (Å²) in [7, 11) is 0. The Balaban J connectivity index is 1.50. The zero-order chi connectivity index (χ0) is 18.3. The average molecular weight is 367 g/mol. The Morgan fingerprint density at radius 3 is 2.67 bits per heavy atom. The zero-order valence-electron chi connectivity index (χ0n) is 15.9. The molecule has 5 heteroatoms. The maximum Gasteiger partial charge on any atom is 0.251 e. The molecule has 1 aromatic rings. The molecule has 2 fully saturated rings. The molecule has 27 heavy (non-hydrogen) atoms. The van der Waals surface area contributed by atoms with Crippen LogP contribution in [-0.4, -0.2) is 49.8 Å². The molecule has 1 amide bonds. The first-order chi connectivity index (χ1) is 13.3. The van der Waals surface area contributed by atoms with E-state index in [2.05, 4.69) is 39.8 Å². The fourth-order valence-corrected chi connectivity index (χ4v) is 5.50. The van der Waals surface area contributed by atoms with Crippen molar-refractivity contribution in [2.45, 2.75) is 44.7 Å². The highest BCUT2D eigenvalue weighted by atomic mass is 16.5. The van der Waals surface area contributed by atoms with Crippen molar-refractivity contribution in [2.75, 3.05) is 32.8 Å². The van der Waals surface area contributed by atoms with Crippen LogP contribution in [0.1, 0.15) is 43.2 Å². The molecule has 1 saturated carbocycles. The Morgan fingerprint density at radius 1 is 1.07 bits per heavy atom. The molecule has 5 nitrogen and oxygen atoms in total. The van der Waals surface area contributed by atoms with Crippen molar-refractivity contribution in [1.29, 1.82) is 0 Å². The number of carbonyl (C=O) groups is 1. The molecule has 4 aliphatic rings. The number of rotatable bonds is 2. The predicted molar refractivity (Wildman–Crippen MR) is 105 cm³/mol. The maximum atomic E-state index is 13.3. The molecule has 1 unspecified atom stereocenters. The van der Waals surface area contributed by atoms with Crippen LogP contribution >= 0.6 is 0 Å². The molecule has 0 bridgehead atoms. The summed E-state index contributed by atoms with van der Waals surface area (Å²) in [5, 5.41) is 7.00. The highest BCUT2D eigenvalue weighted by Crippen LogP contribution is 2.51. The summed E-state index contributed by atoms with van der Waals surface area (Å²) in [5.74, 6) is 0.151. The summed E-state index contributed by atoms with van der Waals surface area (Å²) in [6.07, 6.45) is 6.96. The molecule has 1 atom stereocenters. The van der Waals surface area contributed by atoms with Crippen LogP contribution in [0.15, 0.2) is 29.8 Å². The van der Waals surface area contributed by atoms with Gasteiger partial charge in [-0.25, -0.2) is 0 Å². The van der Waals surface area contributed by atoms with Crippen LogP contribution in [0.5, 0.6) is 0 Å². The van der Waals surface area contributed by atoms with Gasteiger partial charge in [0.1, 0.15) is 6.17 Å². The van der Waals surface area contributed by atoms with E-state index in [0.29, 0.717) is 0 Å². The average Bonchev–Trinajstić information content (AvgIpc) is 2.69. The van der Waals surface area contributed by atoms with Gasteiger partial charge in [-0.3, -0.25) is 9.69 Å². The highest BCUT2D eigenvalue weighted by Gasteiger charge is 2.46. The Labute approximate surface area is 161 Å². The van der Waals surface area contributed by atoms with E-state index in [0.717, 1.165) is 63.4 Å². The van der Waals surface area contributed by atoms with Crippen molar-refractivity contribution in [3.8, 4) is 0 Å². The summed E-state index contributed by atoms with van der Waals surface area (Å²) in [4.78, 5) is 15.7. The van der Waals surface area contributed by atoms with Gasteiger partial charge in [0, 0.05) is 36.2 Å². The summed E-state index contributed by atoms with van der Waals surface area (Å²) < 4.78 is 5.46. The number of morpholine rings is 1. The molecule has 5 rings (SSSR count). The van der Waals surface area contributed by atoms with Gasteiger partial charge < -0.3 is 15.4 Å². The number of ether oxygens (including phenoxy) is 1. The van der Waals surface area contributed by atoms with Gasteiger partial charge in [-0.1, -0.05) is 43.5 Å². The second-order valence-corrected chi connectivity index (χ2v) is 8.51. The summed E-state index contributed by atoms with van der Waals surface area (Å²) in [6, 6.07) is 8.65. The lowest BCUT2D eigenvalue weighted by Gasteiger charge is -2.47. The van der Waals surface area contributed by atoms with Crippen molar-refractivity contribution in [1.82, 2.24) is 15.5 Å². The predicted octanol–water partition coefficient (Wildman–Crippen LogP) is 2.28. The van der Waals surface area contributed by atoms with Gasteiger partial charge in [0.25, 0.3) is 5.91 Å². The van der Waals surface area contributed by atoms with Crippen LogP contribution in [0.4, 0.5) is 0 Å². The second-order valence-electron chi connectivity index (χ2n) is 8.51. The van der Waals surface area contributed by atoms with Crippen molar-refractivity contribution < 1.29 is 9.53 Å². The van der Waals surface area contributed by atoms with E-state index in [1.54, 1.807) is 0 Å². The van der Waals surface area contributed by atoms with Crippen LogP contribution in [0.2, 0.25) is 0 Å². The lowest BCUT2D eigenvalue weighted by Crippen LogP contribution is -2.59. The van der Waals surface area contributed by atoms with Gasteiger partial charge in [0.05, 0.1) is 18.9 Å². The summed E-state index contributed by atoms with van der Waals surface area (Å²) in [6.45, 7) is 4.24. The third-order valence-electron chi connectivity index (χ3n) is 6.80. The minimum Gasteiger partial charge on any atom is -0.379 e. The molecule has 144 valence electrons. The fourth-order valence-electron chi connectivity index (χ4n) is 5.50. The highest BCUT2D eigenvalue weighted by molar-refractivity contribution is 6.05. The monoisotopic (exact) mass is 367 g/mol. The van der Waals surface area contributed by atoms with Crippen LogP contribution in [0.3, 0.4) is 0 Å². The third kappa shape index (κ3) is 3.07. The van der Waals surface area contributed by atoms with Gasteiger partial charge in [0.15, 0.2) is 0 Å². The third-order valence-corrected chi connectivity index (χ3v) is 6.80. The van der Waals surface area contributed by atoms with E-state index in [1.807, 2.05) is 0 Å². The number of hydrogen-bond donors (Lipinski definition) is 2. The minimum atomic E-state index is -0.0406. The fraction of sp³-hybridized carbons (Fsp3) is 0.591. The number of benzene rings is 1. The molecule has 2 aliphatic heterocycles.